The van der Waals surface area contributed by atoms with Crippen molar-refractivity contribution in [3.05, 3.63) is 82.9 Å². The summed E-state index contributed by atoms with van der Waals surface area (Å²) in [5.41, 5.74) is 4.39. The lowest BCUT2D eigenvalue weighted by atomic mass is 10.0. The second-order valence-corrected chi connectivity index (χ2v) is 8.87. The summed E-state index contributed by atoms with van der Waals surface area (Å²) in [6.45, 7) is 2.82. The zero-order valence-electron chi connectivity index (χ0n) is 17.6. The van der Waals surface area contributed by atoms with Crippen molar-refractivity contribution in [2.75, 3.05) is 12.4 Å². The van der Waals surface area contributed by atoms with E-state index in [1.807, 2.05) is 18.2 Å². The number of carbonyl (C=O) groups is 1. The molecule has 0 amide bonds. The van der Waals surface area contributed by atoms with E-state index in [0.717, 1.165) is 35.7 Å². The topological polar surface area (TPSA) is 46.5 Å². The Bertz CT molecular complexity index is 1000. The molecule has 162 valence electrons. The van der Waals surface area contributed by atoms with Crippen LogP contribution < -0.4 is 4.74 Å². The van der Waals surface area contributed by atoms with Gasteiger partial charge in [0.15, 0.2) is 0 Å². The summed E-state index contributed by atoms with van der Waals surface area (Å²) >= 11 is 7.96. The molecule has 0 heterocycles. The summed E-state index contributed by atoms with van der Waals surface area (Å²) in [7, 11) is 0. The first-order valence-corrected chi connectivity index (χ1v) is 11.9. The van der Waals surface area contributed by atoms with Gasteiger partial charge in [-0.05, 0) is 59.4 Å². The van der Waals surface area contributed by atoms with Crippen LogP contribution in [0, 0.1) is 0 Å². The molecular formula is C26H27ClO3S. The summed E-state index contributed by atoms with van der Waals surface area (Å²) < 4.78 is 6.10. The van der Waals surface area contributed by atoms with Gasteiger partial charge in [0.1, 0.15) is 5.75 Å². The number of carboxylic acids is 1. The zero-order valence-corrected chi connectivity index (χ0v) is 19.2. The molecule has 0 bridgehead atoms. The van der Waals surface area contributed by atoms with Crippen LogP contribution in [0.25, 0.3) is 11.1 Å². The maximum absolute atomic E-state index is 10.8. The quantitative estimate of drug-likeness (QED) is 0.247. The molecular weight excluding hydrogens is 428 g/mol. The number of carboxylic acid groups (broad SMARTS) is 1. The third-order valence-electron chi connectivity index (χ3n) is 4.84. The second-order valence-electron chi connectivity index (χ2n) is 7.32. The molecule has 3 aromatic carbocycles. The van der Waals surface area contributed by atoms with E-state index in [-0.39, 0.29) is 6.42 Å². The molecule has 3 nitrogen and oxygen atoms in total. The molecule has 0 saturated heterocycles. The van der Waals surface area contributed by atoms with Crippen molar-refractivity contribution in [3.63, 3.8) is 0 Å². The predicted octanol–water partition coefficient (Wildman–Crippen LogP) is 7.15. The van der Waals surface area contributed by atoms with Gasteiger partial charge < -0.3 is 9.84 Å². The fourth-order valence-corrected chi connectivity index (χ4v) is 4.57. The number of aliphatic carboxylic acids is 1. The lowest BCUT2D eigenvalue weighted by molar-refractivity contribution is -0.136. The van der Waals surface area contributed by atoms with Crippen molar-refractivity contribution in [1.82, 2.24) is 0 Å². The zero-order chi connectivity index (χ0) is 22.1. The number of ether oxygens (including phenoxy) is 1. The molecule has 1 N–H and O–H groups in total. The fourth-order valence-electron chi connectivity index (χ4n) is 3.36. The van der Waals surface area contributed by atoms with E-state index >= 15 is 0 Å². The molecule has 5 heteroatoms. The van der Waals surface area contributed by atoms with E-state index in [1.54, 1.807) is 17.8 Å². The molecule has 0 aliphatic carbocycles. The Labute approximate surface area is 193 Å². The van der Waals surface area contributed by atoms with Gasteiger partial charge in [-0.25, -0.2) is 0 Å². The average Bonchev–Trinajstić information content (AvgIpc) is 2.76. The van der Waals surface area contributed by atoms with Crippen molar-refractivity contribution in [1.29, 1.82) is 0 Å². The van der Waals surface area contributed by atoms with E-state index in [0.29, 0.717) is 17.2 Å². The highest BCUT2D eigenvalue weighted by atomic mass is 35.5. The Kier molecular flexibility index (Phi) is 8.86. The molecule has 0 aliphatic rings. The molecule has 3 rings (SSSR count). The smallest absolute Gasteiger partial charge is 0.307 e. The number of aryl methyl sites for hydroxylation is 1. The van der Waals surface area contributed by atoms with Crippen LogP contribution in [0.3, 0.4) is 0 Å². The minimum Gasteiger partial charge on any atom is -0.493 e. The Morgan fingerprint density at radius 3 is 2.55 bits per heavy atom. The fraction of sp³-hybridized carbons (Fsp3) is 0.269. The predicted molar refractivity (Wildman–Crippen MR) is 130 cm³/mol. The second kappa shape index (κ2) is 11.8. The summed E-state index contributed by atoms with van der Waals surface area (Å²) in [4.78, 5) is 11.8. The third-order valence-corrected chi connectivity index (χ3v) is 6.43. The first-order valence-electron chi connectivity index (χ1n) is 10.5. The number of hydrogen-bond acceptors (Lipinski definition) is 3. The molecule has 0 radical (unpaired) electrons. The van der Waals surface area contributed by atoms with Crippen molar-refractivity contribution in [3.8, 4) is 16.9 Å². The monoisotopic (exact) mass is 454 g/mol. The van der Waals surface area contributed by atoms with Gasteiger partial charge >= 0.3 is 5.97 Å². The Balaban J connectivity index is 1.53. The minimum atomic E-state index is -0.854. The normalized spacial score (nSPS) is 10.8. The van der Waals surface area contributed by atoms with E-state index in [2.05, 4.69) is 49.4 Å². The van der Waals surface area contributed by atoms with Crippen molar-refractivity contribution in [2.24, 2.45) is 0 Å². The van der Waals surface area contributed by atoms with Crippen LogP contribution in [-0.2, 0) is 17.6 Å². The van der Waals surface area contributed by atoms with Crippen molar-refractivity contribution >= 4 is 29.3 Å². The first kappa shape index (κ1) is 23.2. The van der Waals surface area contributed by atoms with Gasteiger partial charge in [0.2, 0.25) is 0 Å². The SMILES string of the molecule is CCCc1cc(-c2ccccc2)ccc1OCCCSc1ccc(CC(=O)O)cc1Cl. The molecule has 0 atom stereocenters. The Morgan fingerprint density at radius 1 is 1.03 bits per heavy atom. The van der Waals surface area contributed by atoms with Crippen LogP contribution in [0.4, 0.5) is 0 Å². The van der Waals surface area contributed by atoms with Gasteiger partial charge in [-0.15, -0.1) is 11.8 Å². The van der Waals surface area contributed by atoms with E-state index < -0.39 is 5.97 Å². The maximum atomic E-state index is 10.8. The van der Waals surface area contributed by atoms with E-state index in [1.165, 1.54) is 16.7 Å². The van der Waals surface area contributed by atoms with Crippen LogP contribution >= 0.6 is 23.4 Å². The number of benzene rings is 3. The molecule has 3 aromatic rings. The van der Waals surface area contributed by atoms with Gasteiger partial charge in [-0.1, -0.05) is 67.4 Å². The Hall–Kier alpha value is -2.43. The number of halogens is 1. The average molecular weight is 455 g/mol. The number of thioether (sulfide) groups is 1. The lowest BCUT2D eigenvalue weighted by Gasteiger charge is -2.13. The lowest BCUT2D eigenvalue weighted by Crippen LogP contribution is -2.02. The first-order chi connectivity index (χ1) is 15.1. The molecule has 0 saturated carbocycles. The molecule has 0 aromatic heterocycles. The van der Waals surface area contributed by atoms with Gasteiger partial charge in [0.25, 0.3) is 0 Å². The molecule has 0 unspecified atom stereocenters. The molecule has 31 heavy (non-hydrogen) atoms. The number of hydrogen-bond donors (Lipinski definition) is 1. The van der Waals surface area contributed by atoms with Crippen LogP contribution in [0.5, 0.6) is 5.75 Å². The van der Waals surface area contributed by atoms with E-state index in [4.69, 9.17) is 21.4 Å². The number of rotatable bonds is 11. The van der Waals surface area contributed by atoms with Gasteiger partial charge in [0, 0.05) is 10.6 Å². The summed E-state index contributed by atoms with van der Waals surface area (Å²) in [5.74, 6) is 0.985. The van der Waals surface area contributed by atoms with Crippen LogP contribution in [-0.4, -0.2) is 23.4 Å². The summed E-state index contributed by atoms with van der Waals surface area (Å²) in [5, 5.41) is 9.49. The molecule has 0 fully saturated rings. The summed E-state index contributed by atoms with van der Waals surface area (Å²) in [6.07, 6.45) is 2.94. The summed E-state index contributed by atoms with van der Waals surface area (Å²) in [6, 6.07) is 22.3. The third kappa shape index (κ3) is 7.05. The highest BCUT2D eigenvalue weighted by molar-refractivity contribution is 7.99. The van der Waals surface area contributed by atoms with Crippen molar-refractivity contribution in [2.45, 2.75) is 37.5 Å². The maximum Gasteiger partial charge on any atom is 0.307 e. The van der Waals surface area contributed by atoms with Gasteiger partial charge in [0.05, 0.1) is 18.1 Å². The van der Waals surface area contributed by atoms with Crippen LogP contribution in [0.15, 0.2) is 71.6 Å². The van der Waals surface area contributed by atoms with Crippen LogP contribution in [0.1, 0.15) is 30.9 Å². The van der Waals surface area contributed by atoms with Gasteiger partial charge in [-0.2, -0.15) is 0 Å². The highest BCUT2D eigenvalue weighted by Gasteiger charge is 2.08. The Morgan fingerprint density at radius 2 is 1.84 bits per heavy atom. The minimum absolute atomic E-state index is 0.0122. The van der Waals surface area contributed by atoms with Gasteiger partial charge in [-0.3, -0.25) is 4.79 Å². The standard InChI is InChI=1S/C26H27ClO3S/c1-2-7-22-18-21(20-8-4-3-5-9-20)11-12-24(22)30-14-6-15-31-25-13-10-19(16-23(25)27)17-26(28)29/h3-5,8-13,16,18H,2,6-7,14-15,17H2,1H3,(H,28,29). The largest absolute Gasteiger partial charge is 0.493 e. The van der Waals surface area contributed by atoms with Crippen molar-refractivity contribution < 1.29 is 14.6 Å². The van der Waals surface area contributed by atoms with Crippen LogP contribution in [0.2, 0.25) is 5.02 Å². The van der Waals surface area contributed by atoms with E-state index in [9.17, 15) is 4.79 Å². The molecule has 0 spiro atoms. The molecule has 0 aliphatic heterocycles. The highest BCUT2D eigenvalue weighted by Crippen LogP contribution is 2.30.